The molecule has 156 valence electrons. The summed E-state index contributed by atoms with van der Waals surface area (Å²) in [6.45, 7) is 9.68. The van der Waals surface area contributed by atoms with Crippen LogP contribution in [-0.2, 0) is 0 Å². The van der Waals surface area contributed by atoms with Crippen LogP contribution in [0, 0.1) is 12.3 Å². The van der Waals surface area contributed by atoms with E-state index in [1.54, 1.807) is 6.07 Å². The molecule has 0 N–H and O–H groups in total. The molecule has 0 saturated heterocycles. The molecule has 1 unspecified atom stereocenters. The average Bonchev–Trinajstić information content (AvgIpc) is 3.28. The van der Waals surface area contributed by atoms with E-state index in [-0.39, 0.29) is 5.41 Å². The normalized spacial score (nSPS) is 16.8. The van der Waals surface area contributed by atoms with Gasteiger partial charge in [0.15, 0.2) is 0 Å². The Morgan fingerprint density at radius 1 is 1.10 bits per heavy atom. The molecule has 1 aliphatic heterocycles. The molecule has 4 rings (SSSR count). The first-order chi connectivity index (χ1) is 14.1. The molecule has 2 aromatic carbocycles. The number of halogens is 3. The van der Waals surface area contributed by atoms with Crippen LogP contribution in [0.2, 0.25) is 10.0 Å². The molecule has 1 aliphatic rings. The largest absolute Gasteiger partial charge is 0.296 e. The zero-order valence-electron chi connectivity index (χ0n) is 17.2. The van der Waals surface area contributed by atoms with Gasteiger partial charge in [-0.25, -0.2) is 4.98 Å². The lowest BCUT2D eigenvalue weighted by Gasteiger charge is -2.24. The molecular formula is C23H22BrCl2N3S. The summed E-state index contributed by atoms with van der Waals surface area (Å²) in [6, 6.07) is 13.7. The Kier molecular flexibility index (Phi) is 6.10. The molecule has 7 heteroatoms. The summed E-state index contributed by atoms with van der Waals surface area (Å²) in [4.78, 5) is 9.89. The van der Waals surface area contributed by atoms with Gasteiger partial charge in [-0.3, -0.25) is 9.56 Å². The van der Waals surface area contributed by atoms with E-state index in [1.165, 1.54) is 0 Å². The second-order valence-electron chi connectivity index (χ2n) is 8.42. The van der Waals surface area contributed by atoms with Crippen LogP contribution >= 0.6 is 50.9 Å². The minimum Gasteiger partial charge on any atom is -0.296 e. The second-order valence-corrected chi connectivity index (χ2v) is 11.4. The maximum Gasteiger partial charge on any atom is 0.147 e. The minimum absolute atomic E-state index is 0.181. The molecule has 0 bridgehead atoms. The summed E-state index contributed by atoms with van der Waals surface area (Å²) in [5.41, 5.74) is 4.00. The van der Waals surface area contributed by atoms with E-state index < -0.39 is 0 Å². The fourth-order valence-corrected chi connectivity index (χ4v) is 5.40. The van der Waals surface area contributed by atoms with Crippen LogP contribution < -0.4 is 0 Å². The van der Waals surface area contributed by atoms with Gasteiger partial charge in [0, 0.05) is 26.0 Å². The van der Waals surface area contributed by atoms with Crippen molar-refractivity contribution in [3.63, 3.8) is 0 Å². The van der Waals surface area contributed by atoms with Gasteiger partial charge in [-0.05, 0) is 54.8 Å². The average molecular weight is 523 g/mol. The highest BCUT2D eigenvalue weighted by molar-refractivity contribution is 9.10. The van der Waals surface area contributed by atoms with E-state index in [0.29, 0.717) is 15.3 Å². The van der Waals surface area contributed by atoms with E-state index >= 15 is 0 Å². The number of aliphatic imine (C=N–C) groups is 1. The Morgan fingerprint density at radius 3 is 2.40 bits per heavy atom. The number of imidazole rings is 1. The van der Waals surface area contributed by atoms with Crippen molar-refractivity contribution in [2.24, 2.45) is 10.4 Å². The van der Waals surface area contributed by atoms with Gasteiger partial charge in [0.2, 0.25) is 0 Å². The molecule has 0 aliphatic carbocycles. The summed E-state index contributed by atoms with van der Waals surface area (Å²) in [7, 11) is 0. The molecule has 0 saturated carbocycles. The Bertz CT molecular complexity index is 1130. The monoisotopic (exact) mass is 521 g/mol. The topological polar surface area (TPSA) is 30.2 Å². The van der Waals surface area contributed by atoms with Gasteiger partial charge in [-0.2, -0.15) is 0 Å². The van der Waals surface area contributed by atoms with Crippen molar-refractivity contribution in [3.05, 3.63) is 68.4 Å². The highest BCUT2D eigenvalue weighted by Crippen LogP contribution is 2.39. The van der Waals surface area contributed by atoms with Crippen molar-refractivity contribution in [1.29, 1.82) is 0 Å². The first kappa shape index (κ1) is 21.9. The quantitative estimate of drug-likeness (QED) is 0.351. The lowest BCUT2D eigenvalue weighted by molar-refractivity contribution is 0.402. The molecule has 0 spiro atoms. The van der Waals surface area contributed by atoms with Crippen LogP contribution in [0.4, 0.5) is 0 Å². The highest BCUT2D eigenvalue weighted by Gasteiger charge is 2.33. The summed E-state index contributed by atoms with van der Waals surface area (Å²) in [5, 5.41) is 2.61. The Labute approximate surface area is 200 Å². The van der Waals surface area contributed by atoms with Crippen LogP contribution in [0.1, 0.15) is 32.2 Å². The Morgan fingerprint density at radius 2 is 1.80 bits per heavy atom. The van der Waals surface area contributed by atoms with Gasteiger partial charge in [-0.15, -0.1) is 0 Å². The number of benzene rings is 2. The lowest BCUT2D eigenvalue weighted by atomic mass is 9.92. The molecule has 1 atom stereocenters. The predicted molar refractivity (Wildman–Crippen MR) is 134 cm³/mol. The molecular weight excluding hydrogens is 501 g/mol. The van der Waals surface area contributed by atoms with Gasteiger partial charge in [-0.1, -0.05) is 71.7 Å². The molecule has 30 heavy (non-hydrogen) atoms. The molecule has 0 radical (unpaired) electrons. The van der Waals surface area contributed by atoms with Crippen molar-refractivity contribution >= 4 is 55.9 Å². The standard InChI is InChI=1S/C23H22BrCl2N3S/c1-13-20(22-27-12-19(30-22)23(2,3)4)28-21(17-10-7-15(25)11-18(17)26)29(13)16-8-5-14(24)6-9-16/h5-11,19H,12H2,1-4H3. The lowest BCUT2D eigenvalue weighted by Crippen LogP contribution is -2.23. The van der Waals surface area contributed by atoms with Crippen LogP contribution in [-0.4, -0.2) is 26.4 Å². The van der Waals surface area contributed by atoms with E-state index in [0.717, 1.165) is 44.5 Å². The fourth-order valence-electron chi connectivity index (χ4n) is 3.42. The van der Waals surface area contributed by atoms with Gasteiger partial charge in [0.1, 0.15) is 16.6 Å². The maximum absolute atomic E-state index is 6.57. The van der Waals surface area contributed by atoms with Crippen LogP contribution in [0.15, 0.2) is 51.9 Å². The maximum atomic E-state index is 6.57. The Balaban J connectivity index is 1.87. The fraction of sp³-hybridized carbons (Fsp3) is 0.304. The van der Waals surface area contributed by atoms with E-state index in [9.17, 15) is 0 Å². The summed E-state index contributed by atoms with van der Waals surface area (Å²) < 4.78 is 3.17. The number of thioether (sulfide) groups is 1. The van der Waals surface area contributed by atoms with Crippen molar-refractivity contribution in [2.45, 2.75) is 32.9 Å². The van der Waals surface area contributed by atoms with Crippen LogP contribution in [0.5, 0.6) is 0 Å². The zero-order chi connectivity index (χ0) is 21.6. The summed E-state index contributed by atoms with van der Waals surface area (Å²) >= 11 is 18.0. The van der Waals surface area contributed by atoms with Crippen molar-refractivity contribution in [3.8, 4) is 17.1 Å². The third kappa shape index (κ3) is 4.22. The first-order valence-corrected chi connectivity index (χ1v) is 12.1. The second kappa shape index (κ2) is 8.34. The van der Waals surface area contributed by atoms with E-state index in [2.05, 4.69) is 60.3 Å². The third-order valence-electron chi connectivity index (χ3n) is 5.19. The minimum atomic E-state index is 0.181. The molecule has 3 aromatic rings. The van der Waals surface area contributed by atoms with Gasteiger partial charge >= 0.3 is 0 Å². The van der Waals surface area contributed by atoms with E-state index in [1.807, 2.05) is 36.0 Å². The molecule has 3 nitrogen and oxygen atoms in total. The molecule has 0 amide bonds. The zero-order valence-corrected chi connectivity index (χ0v) is 21.1. The molecule has 2 heterocycles. The molecule has 1 aromatic heterocycles. The number of nitrogens with zero attached hydrogens (tertiary/aromatic N) is 3. The van der Waals surface area contributed by atoms with E-state index in [4.69, 9.17) is 33.2 Å². The van der Waals surface area contributed by atoms with Crippen LogP contribution in [0.3, 0.4) is 0 Å². The number of hydrogen-bond acceptors (Lipinski definition) is 3. The summed E-state index contributed by atoms with van der Waals surface area (Å²) in [6.07, 6.45) is 0. The van der Waals surface area contributed by atoms with Crippen LogP contribution in [0.25, 0.3) is 17.1 Å². The Hall–Kier alpha value is -1.27. The first-order valence-electron chi connectivity index (χ1n) is 9.67. The highest BCUT2D eigenvalue weighted by atomic mass is 79.9. The smallest absolute Gasteiger partial charge is 0.147 e. The number of rotatable bonds is 3. The van der Waals surface area contributed by atoms with Crippen molar-refractivity contribution < 1.29 is 0 Å². The number of aromatic nitrogens is 2. The SMILES string of the molecule is Cc1c(C2=NCC(C(C)(C)C)S2)nc(-c2ccc(Cl)cc2Cl)n1-c1ccc(Br)cc1. The van der Waals surface area contributed by atoms with Gasteiger partial charge in [0.25, 0.3) is 0 Å². The predicted octanol–water partition coefficient (Wildman–Crippen LogP) is 7.83. The van der Waals surface area contributed by atoms with Gasteiger partial charge in [0.05, 0.1) is 17.3 Å². The van der Waals surface area contributed by atoms with Crippen molar-refractivity contribution in [1.82, 2.24) is 9.55 Å². The summed E-state index contributed by atoms with van der Waals surface area (Å²) in [5.74, 6) is 0.786. The van der Waals surface area contributed by atoms with Crippen molar-refractivity contribution in [2.75, 3.05) is 6.54 Å². The number of hydrogen-bond donors (Lipinski definition) is 0. The third-order valence-corrected chi connectivity index (χ3v) is 7.95. The molecule has 0 fully saturated rings. The van der Waals surface area contributed by atoms with Gasteiger partial charge < -0.3 is 0 Å².